The second-order valence-electron chi connectivity index (χ2n) is 7.49. The van der Waals surface area contributed by atoms with Crippen LogP contribution in [0.3, 0.4) is 0 Å². The SMILES string of the molecule is CN=C(NCCCN1CCC(C)CC1)NC1CC1c1ccccc1F. The van der Waals surface area contributed by atoms with Crippen LogP contribution in [0.4, 0.5) is 4.39 Å². The van der Waals surface area contributed by atoms with Gasteiger partial charge in [0, 0.05) is 25.6 Å². The standard InChI is InChI=1S/C20H31FN4/c1-15-8-12-25(13-9-15)11-5-10-23-20(22-2)24-19-14-17(19)16-6-3-4-7-18(16)21/h3-4,6-7,15,17,19H,5,8-14H2,1-2H3,(H2,22,23,24). The number of halogens is 1. The fourth-order valence-electron chi connectivity index (χ4n) is 3.64. The number of guanidine groups is 1. The third-order valence-corrected chi connectivity index (χ3v) is 5.46. The molecule has 1 aromatic carbocycles. The molecule has 0 radical (unpaired) electrons. The van der Waals surface area contributed by atoms with Crippen molar-refractivity contribution in [1.29, 1.82) is 0 Å². The van der Waals surface area contributed by atoms with Crippen LogP contribution in [0.15, 0.2) is 29.3 Å². The Hall–Kier alpha value is -1.62. The summed E-state index contributed by atoms with van der Waals surface area (Å²) in [6.07, 6.45) is 4.75. The first-order valence-corrected chi connectivity index (χ1v) is 9.61. The molecule has 0 spiro atoms. The number of benzene rings is 1. The summed E-state index contributed by atoms with van der Waals surface area (Å²) in [6, 6.07) is 7.36. The molecule has 2 N–H and O–H groups in total. The Labute approximate surface area is 150 Å². The molecule has 5 heteroatoms. The van der Waals surface area contributed by atoms with Crippen molar-refractivity contribution in [2.75, 3.05) is 33.2 Å². The second-order valence-corrected chi connectivity index (χ2v) is 7.49. The molecule has 2 atom stereocenters. The summed E-state index contributed by atoms with van der Waals surface area (Å²) in [5.41, 5.74) is 0.815. The third-order valence-electron chi connectivity index (χ3n) is 5.46. The van der Waals surface area contributed by atoms with Crippen molar-refractivity contribution < 1.29 is 4.39 Å². The highest BCUT2D eigenvalue weighted by molar-refractivity contribution is 5.80. The molecule has 1 saturated carbocycles. The molecule has 25 heavy (non-hydrogen) atoms. The van der Waals surface area contributed by atoms with Crippen LogP contribution in [0.1, 0.15) is 44.1 Å². The number of aliphatic imine (C=N–C) groups is 1. The summed E-state index contributed by atoms with van der Waals surface area (Å²) in [6.45, 7) is 6.89. The molecule has 2 aliphatic rings. The van der Waals surface area contributed by atoms with Crippen molar-refractivity contribution in [3.8, 4) is 0 Å². The van der Waals surface area contributed by atoms with Crippen LogP contribution in [0, 0.1) is 11.7 Å². The van der Waals surface area contributed by atoms with Crippen LogP contribution >= 0.6 is 0 Å². The first-order chi connectivity index (χ1) is 12.2. The average molecular weight is 346 g/mol. The maximum Gasteiger partial charge on any atom is 0.191 e. The van der Waals surface area contributed by atoms with E-state index >= 15 is 0 Å². The summed E-state index contributed by atoms with van der Waals surface area (Å²) >= 11 is 0. The van der Waals surface area contributed by atoms with E-state index in [0.717, 1.165) is 43.4 Å². The van der Waals surface area contributed by atoms with Gasteiger partial charge in [0.15, 0.2) is 5.96 Å². The summed E-state index contributed by atoms with van der Waals surface area (Å²) in [5.74, 6) is 1.88. The maximum absolute atomic E-state index is 13.8. The van der Waals surface area contributed by atoms with Crippen LogP contribution in [0.5, 0.6) is 0 Å². The van der Waals surface area contributed by atoms with Crippen LogP contribution in [-0.2, 0) is 0 Å². The second kappa shape index (κ2) is 8.65. The number of rotatable bonds is 6. The molecule has 1 heterocycles. The van der Waals surface area contributed by atoms with Gasteiger partial charge in [0.1, 0.15) is 5.82 Å². The minimum atomic E-state index is -0.101. The Morgan fingerprint density at radius 1 is 1.28 bits per heavy atom. The van der Waals surface area contributed by atoms with E-state index < -0.39 is 0 Å². The largest absolute Gasteiger partial charge is 0.356 e. The van der Waals surface area contributed by atoms with Gasteiger partial charge in [-0.1, -0.05) is 25.1 Å². The lowest BCUT2D eigenvalue weighted by atomic mass is 9.99. The topological polar surface area (TPSA) is 39.7 Å². The van der Waals surface area contributed by atoms with Gasteiger partial charge in [-0.15, -0.1) is 0 Å². The number of hydrogen-bond acceptors (Lipinski definition) is 2. The Morgan fingerprint density at radius 2 is 2.04 bits per heavy atom. The molecule has 1 aromatic rings. The van der Waals surface area contributed by atoms with E-state index in [1.807, 2.05) is 12.1 Å². The lowest BCUT2D eigenvalue weighted by molar-refractivity contribution is 0.191. The summed E-state index contributed by atoms with van der Waals surface area (Å²) < 4.78 is 13.8. The zero-order valence-electron chi connectivity index (χ0n) is 15.5. The van der Waals surface area contributed by atoms with Gasteiger partial charge in [-0.2, -0.15) is 0 Å². The lowest BCUT2D eigenvalue weighted by Crippen LogP contribution is -2.41. The first kappa shape index (κ1) is 18.2. The highest BCUT2D eigenvalue weighted by Crippen LogP contribution is 2.41. The molecule has 1 aliphatic heterocycles. The monoisotopic (exact) mass is 346 g/mol. The zero-order valence-corrected chi connectivity index (χ0v) is 15.5. The predicted octanol–water partition coefficient (Wildman–Crippen LogP) is 2.97. The molecular weight excluding hydrogens is 315 g/mol. The molecule has 0 bridgehead atoms. The normalized spacial score (nSPS) is 25.0. The van der Waals surface area contributed by atoms with E-state index in [2.05, 4.69) is 27.4 Å². The van der Waals surface area contributed by atoms with Crippen molar-refractivity contribution >= 4 is 5.96 Å². The Balaban J connectivity index is 1.35. The zero-order chi connectivity index (χ0) is 17.6. The van der Waals surface area contributed by atoms with Gasteiger partial charge in [0.2, 0.25) is 0 Å². The van der Waals surface area contributed by atoms with Gasteiger partial charge in [-0.3, -0.25) is 4.99 Å². The van der Waals surface area contributed by atoms with Crippen LogP contribution in [0.25, 0.3) is 0 Å². The van der Waals surface area contributed by atoms with Gasteiger partial charge in [0.25, 0.3) is 0 Å². The average Bonchev–Trinajstić information content (AvgIpc) is 3.38. The van der Waals surface area contributed by atoms with Crippen molar-refractivity contribution in [3.63, 3.8) is 0 Å². The molecule has 0 amide bonds. The molecule has 1 aliphatic carbocycles. The first-order valence-electron chi connectivity index (χ1n) is 9.61. The lowest BCUT2D eigenvalue weighted by Gasteiger charge is -2.30. The molecule has 4 nitrogen and oxygen atoms in total. The number of nitrogens with zero attached hydrogens (tertiary/aromatic N) is 2. The van der Waals surface area contributed by atoms with E-state index in [4.69, 9.17) is 0 Å². The molecule has 0 aromatic heterocycles. The van der Waals surface area contributed by atoms with Crippen LogP contribution in [0.2, 0.25) is 0 Å². The summed E-state index contributed by atoms with van der Waals surface area (Å²) in [7, 11) is 1.79. The van der Waals surface area contributed by atoms with Gasteiger partial charge >= 0.3 is 0 Å². The van der Waals surface area contributed by atoms with Crippen molar-refractivity contribution in [2.45, 2.75) is 44.6 Å². The van der Waals surface area contributed by atoms with E-state index in [1.54, 1.807) is 19.2 Å². The fourth-order valence-corrected chi connectivity index (χ4v) is 3.64. The van der Waals surface area contributed by atoms with Gasteiger partial charge < -0.3 is 15.5 Å². The molecule has 138 valence electrons. The predicted molar refractivity (Wildman–Crippen MR) is 101 cm³/mol. The highest BCUT2D eigenvalue weighted by Gasteiger charge is 2.40. The minimum absolute atomic E-state index is 0.101. The van der Waals surface area contributed by atoms with Gasteiger partial charge in [-0.25, -0.2) is 4.39 Å². The Bertz CT molecular complexity index is 581. The van der Waals surface area contributed by atoms with E-state index in [1.165, 1.54) is 25.9 Å². The number of piperidine rings is 1. The number of nitrogens with one attached hydrogen (secondary N) is 2. The van der Waals surface area contributed by atoms with Crippen molar-refractivity contribution in [1.82, 2.24) is 15.5 Å². The quantitative estimate of drug-likeness (QED) is 0.473. The van der Waals surface area contributed by atoms with E-state index in [0.29, 0.717) is 0 Å². The molecule has 1 saturated heterocycles. The molecular formula is C20H31FN4. The van der Waals surface area contributed by atoms with Crippen LogP contribution < -0.4 is 10.6 Å². The fraction of sp³-hybridized carbons (Fsp3) is 0.650. The Morgan fingerprint density at radius 3 is 2.76 bits per heavy atom. The summed E-state index contributed by atoms with van der Waals surface area (Å²) in [4.78, 5) is 6.86. The van der Waals surface area contributed by atoms with Crippen molar-refractivity contribution in [2.24, 2.45) is 10.9 Å². The van der Waals surface area contributed by atoms with E-state index in [9.17, 15) is 4.39 Å². The molecule has 2 unspecified atom stereocenters. The number of hydrogen-bond donors (Lipinski definition) is 2. The summed E-state index contributed by atoms with van der Waals surface area (Å²) in [5, 5.41) is 6.81. The van der Waals surface area contributed by atoms with E-state index in [-0.39, 0.29) is 17.8 Å². The van der Waals surface area contributed by atoms with Gasteiger partial charge in [0.05, 0.1) is 0 Å². The number of likely N-dealkylation sites (tertiary alicyclic amines) is 1. The van der Waals surface area contributed by atoms with Gasteiger partial charge in [-0.05, 0) is 62.9 Å². The minimum Gasteiger partial charge on any atom is -0.356 e. The van der Waals surface area contributed by atoms with Crippen LogP contribution in [-0.4, -0.2) is 50.1 Å². The Kier molecular flexibility index (Phi) is 6.29. The third kappa shape index (κ3) is 5.18. The highest BCUT2D eigenvalue weighted by atomic mass is 19.1. The smallest absolute Gasteiger partial charge is 0.191 e. The van der Waals surface area contributed by atoms with Crippen molar-refractivity contribution in [3.05, 3.63) is 35.6 Å². The maximum atomic E-state index is 13.8. The molecule has 3 rings (SSSR count). The molecule has 2 fully saturated rings.